The SMILES string of the molecule is COc1ccc(C=CCN(C)CCCC2(O)CCc3cc(OC)c(OC)cc3CC2)cc1OC.Cl. The Morgan fingerprint density at radius 1 is 0.857 bits per heavy atom. The largest absolute Gasteiger partial charge is 0.493 e. The number of aryl methyl sites for hydroxylation is 2. The second-order valence-electron chi connectivity index (χ2n) is 9.08. The summed E-state index contributed by atoms with van der Waals surface area (Å²) in [5, 5.41) is 11.3. The molecule has 0 heterocycles. The summed E-state index contributed by atoms with van der Waals surface area (Å²) in [4.78, 5) is 2.28. The molecule has 6 nitrogen and oxygen atoms in total. The van der Waals surface area contributed by atoms with Crippen LogP contribution in [0.25, 0.3) is 6.08 Å². The Morgan fingerprint density at radius 2 is 1.40 bits per heavy atom. The minimum Gasteiger partial charge on any atom is -0.493 e. The van der Waals surface area contributed by atoms with Crippen molar-refractivity contribution in [3.8, 4) is 23.0 Å². The van der Waals surface area contributed by atoms with Gasteiger partial charge in [-0.15, -0.1) is 12.4 Å². The summed E-state index contributed by atoms with van der Waals surface area (Å²) >= 11 is 0. The minimum absolute atomic E-state index is 0. The number of halogens is 1. The Morgan fingerprint density at radius 3 is 1.94 bits per heavy atom. The molecule has 0 atom stereocenters. The molecule has 0 saturated heterocycles. The van der Waals surface area contributed by atoms with E-state index in [9.17, 15) is 5.11 Å². The van der Waals surface area contributed by atoms with Crippen LogP contribution in [0.15, 0.2) is 36.4 Å². The molecule has 2 aromatic carbocycles. The Balaban J connectivity index is 0.00000432. The minimum atomic E-state index is -0.629. The normalized spacial score (nSPS) is 14.7. The second-order valence-corrected chi connectivity index (χ2v) is 9.08. The highest BCUT2D eigenvalue weighted by Crippen LogP contribution is 2.37. The van der Waals surface area contributed by atoms with Crippen molar-refractivity contribution in [1.29, 1.82) is 0 Å². The Labute approximate surface area is 216 Å². The first-order chi connectivity index (χ1) is 16.4. The van der Waals surface area contributed by atoms with Crippen molar-refractivity contribution in [2.75, 3.05) is 48.6 Å². The summed E-state index contributed by atoms with van der Waals surface area (Å²) in [5.74, 6) is 2.98. The molecule has 1 aliphatic rings. The van der Waals surface area contributed by atoms with Crippen LogP contribution in [0.1, 0.15) is 42.4 Å². The van der Waals surface area contributed by atoms with Crippen LogP contribution in [0.3, 0.4) is 0 Å². The fourth-order valence-corrected chi connectivity index (χ4v) is 4.63. The van der Waals surface area contributed by atoms with Gasteiger partial charge in [-0.05, 0) is 93.1 Å². The predicted molar refractivity (Wildman–Crippen MR) is 144 cm³/mol. The highest BCUT2D eigenvalue weighted by Gasteiger charge is 2.30. The van der Waals surface area contributed by atoms with E-state index in [-0.39, 0.29) is 12.4 Å². The van der Waals surface area contributed by atoms with E-state index in [0.717, 1.165) is 80.2 Å². The summed E-state index contributed by atoms with van der Waals surface area (Å²) in [5.41, 5.74) is 2.96. The molecular weight excluding hydrogens is 466 g/mol. The molecule has 0 aliphatic heterocycles. The van der Waals surface area contributed by atoms with Gasteiger partial charge < -0.3 is 29.0 Å². The Hall–Kier alpha value is -2.41. The molecular formula is C28H40ClNO5. The van der Waals surface area contributed by atoms with Crippen molar-refractivity contribution >= 4 is 18.5 Å². The molecule has 0 bridgehead atoms. The molecule has 3 rings (SSSR count). The van der Waals surface area contributed by atoms with E-state index in [4.69, 9.17) is 18.9 Å². The van der Waals surface area contributed by atoms with Gasteiger partial charge in [0, 0.05) is 6.54 Å². The topological polar surface area (TPSA) is 60.4 Å². The maximum Gasteiger partial charge on any atom is 0.161 e. The van der Waals surface area contributed by atoms with Crippen LogP contribution in [0.4, 0.5) is 0 Å². The number of likely N-dealkylation sites (N-methyl/N-ethyl adjacent to an activating group) is 1. The molecule has 2 aromatic rings. The summed E-state index contributed by atoms with van der Waals surface area (Å²) in [6.07, 6.45) is 9.28. The number of aliphatic hydroxyl groups is 1. The first kappa shape index (κ1) is 28.8. The van der Waals surface area contributed by atoms with E-state index in [1.54, 1.807) is 28.4 Å². The van der Waals surface area contributed by atoms with E-state index >= 15 is 0 Å². The highest BCUT2D eigenvalue weighted by molar-refractivity contribution is 5.85. The number of hydrogen-bond donors (Lipinski definition) is 1. The summed E-state index contributed by atoms with van der Waals surface area (Å²) in [6.45, 7) is 1.78. The maximum absolute atomic E-state index is 11.3. The van der Waals surface area contributed by atoms with Crippen LogP contribution in [0.2, 0.25) is 0 Å². The van der Waals surface area contributed by atoms with Crippen molar-refractivity contribution in [1.82, 2.24) is 4.90 Å². The van der Waals surface area contributed by atoms with Crippen molar-refractivity contribution in [3.63, 3.8) is 0 Å². The van der Waals surface area contributed by atoms with Crippen LogP contribution in [0, 0.1) is 0 Å². The molecule has 1 N–H and O–H groups in total. The molecule has 0 radical (unpaired) electrons. The maximum atomic E-state index is 11.3. The first-order valence-electron chi connectivity index (χ1n) is 11.9. The molecule has 0 unspecified atom stereocenters. The van der Waals surface area contributed by atoms with Crippen LogP contribution in [0.5, 0.6) is 23.0 Å². The molecule has 0 spiro atoms. The fraction of sp³-hybridized carbons (Fsp3) is 0.500. The molecule has 0 amide bonds. The zero-order valence-electron chi connectivity index (χ0n) is 21.6. The van der Waals surface area contributed by atoms with Gasteiger partial charge in [-0.2, -0.15) is 0 Å². The summed E-state index contributed by atoms with van der Waals surface area (Å²) in [7, 11) is 8.73. The lowest BCUT2D eigenvalue weighted by Crippen LogP contribution is -2.30. The number of hydrogen-bond acceptors (Lipinski definition) is 6. The van der Waals surface area contributed by atoms with Crippen molar-refractivity contribution < 1.29 is 24.1 Å². The Kier molecular flexibility index (Phi) is 11.2. The molecule has 0 aromatic heterocycles. The predicted octanol–water partition coefficient (Wildman–Crippen LogP) is 5.18. The van der Waals surface area contributed by atoms with Crippen LogP contribution >= 0.6 is 12.4 Å². The third-order valence-corrected chi connectivity index (χ3v) is 6.74. The first-order valence-corrected chi connectivity index (χ1v) is 11.9. The fourth-order valence-electron chi connectivity index (χ4n) is 4.63. The number of fused-ring (bicyclic) bond motifs is 1. The zero-order valence-corrected chi connectivity index (χ0v) is 22.5. The lowest BCUT2D eigenvalue weighted by Gasteiger charge is -2.27. The number of nitrogens with zero attached hydrogens (tertiary/aromatic N) is 1. The molecule has 0 saturated carbocycles. The van der Waals surface area contributed by atoms with E-state index in [2.05, 4.69) is 36.2 Å². The molecule has 7 heteroatoms. The van der Waals surface area contributed by atoms with E-state index < -0.39 is 5.60 Å². The standard InChI is InChI=1S/C28H39NO5.ClH/c1-29(16-6-8-21-9-10-24(31-2)25(18-21)32-3)17-7-13-28(30)14-11-22-19-26(33-4)27(34-5)20-23(22)12-15-28;/h6,8-10,18-20,30H,7,11-17H2,1-5H3;1H. The van der Waals surface area contributed by atoms with Crippen molar-refractivity contribution in [2.45, 2.75) is 44.1 Å². The third-order valence-electron chi connectivity index (χ3n) is 6.74. The van der Waals surface area contributed by atoms with Gasteiger partial charge in [-0.1, -0.05) is 18.2 Å². The van der Waals surface area contributed by atoms with Gasteiger partial charge in [0.15, 0.2) is 23.0 Å². The molecule has 0 fully saturated rings. The van der Waals surface area contributed by atoms with E-state index in [1.165, 1.54) is 11.1 Å². The quantitative estimate of drug-likeness (QED) is 0.425. The van der Waals surface area contributed by atoms with Gasteiger partial charge in [0.2, 0.25) is 0 Å². The second kappa shape index (κ2) is 13.6. The summed E-state index contributed by atoms with van der Waals surface area (Å²) < 4.78 is 21.6. The van der Waals surface area contributed by atoms with Crippen molar-refractivity contribution in [3.05, 3.63) is 53.1 Å². The lowest BCUT2D eigenvalue weighted by atomic mass is 9.89. The smallest absolute Gasteiger partial charge is 0.161 e. The number of methoxy groups -OCH3 is 4. The molecule has 194 valence electrons. The van der Waals surface area contributed by atoms with Crippen molar-refractivity contribution in [2.24, 2.45) is 0 Å². The molecule has 1 aliphatic carbocycles. The summed E-state index contributed by atoms with van der Waals surface area (Å²) in [6, 6.07) is 10.0. The monoisotopic (exact) mass is 505 g/mol. The zero-order chi connectivity index (χ0) is 24.6. The average Bonchev–Trinajstić information content (AvgIpc) is 3.01. The number of ether oxygens (including phenoxy) is 4. The van der Waals surface area contributed by atoms with Gasteiger partial charge in [-0.25, -0.2) is 0 Å². The lowest BCUT2D eigenvalue weighted by molar-refractivity contribution is 0.0137. The average molecular weight is 506 g/mol. The van der Waals surface area contributed by atoms with Crippen LogP contribution < -0.4 is 18.9 Å². The Bertz CT molecular complexity index is 943. The van der Waals surface area contributed by atoms with E-state index in [0.29, 0.717) is 0 Å². The number of benzene rings is 2. The van der Waals surface area contributed by atoms with Gasteiger partial charge in [0.1, 0.15) is 0 Å². The van der Waals surface area contributed by atoms with Gasteiger partial charge in [0.25, 0.3) is 0 Å². The van der Waals surface area contributed by atoms with Crippen LogP contribution in [-0.4, -0.2) is 64.2 Å². The van der Waals surface area contributed by atoms with E-state index in [1.807, 2.05) is 18.2 Å². The van der Waals surface area contributed by atoms with Gasteiger partial charge in [0.05, 0.1) is 34.0 Å². The number of rotatable bonds is 11. The highest BCUT2D eigenvalue weighted by atomic mass is 35.5. The molecule has 35 heavy (non-hydrogen) atoms. The van der Waals surface area contributed by atoms with Gasteiger partial charge >= 0.3 is 0 Å². The van der Waals surface area contributed by atoms with Crippen LogP contribution in [-0.2, 0) is 12.8 Å². The van der Waals surface area contributed by atoms with Gasteiger partial charge in [-0.3, -0.25) is 0 Å². The third kappa shape index (κ3) is 7.79.